The first-order chi connectivity index (χ1) is 12.1. The third-order valence-corrected chi connectivity index (χ3v) is 4.56. The predicted molar refractivity (Wildman–Crippen MR) is 95.4 cm³/mol. The number of nitrogens with zero attached hydrogens (tertiary/aromatic N) is 3. The summed E-state index contributed by atoms with van der Waals surface area (Å²) in [5.41, 5.74) is 1.78. The summed E-state index contributed by atoms with van der Waals surface area (Å²) in [5.74, 6) is 0.704. The zero-order valence-electron chi connectivity index (χ0n) is 14.4. The summed E-state index contributed by atoms with van der Waals surface area (Å²) in [4.78, 5) is 15.9. The molecule has 0 N–H and O–H groups in total. The maximum absolute atomic E-state index is 11.8. The highest BCUT2D eigenvalue weighted by Gasteiger charge is 2.28. The Hall–Kier alpha value is -2.05. The standard InChI is InChI=1S/C18H22ClN3O3/c1-3-24-18(23)22-8-7-21(13(2)11-22)12-16-10-17(25-20-16)14-5-4-6-15(19)9-14/h4-6,9-10,13H,3,7-8,11-12H2,1-2H3. The molecule has 0 spiro atoms. The SMILES string of the molecule is CCOC(=O)N1CCN(Cc2cc(-c3cccc(Cl)c3)on2)C(C)C1. The van der Waals surface area contributed by atoms with Crippen LogP contribution >= 0.6 is 11.6 Å². The summed E-state index contributed by atoms with van der Waals surface area (Å²) < 4.78 is 10.5. The molecular weight excluding hydrogens is 342 g/mol. The fourth-order valence-corrected chi connectivity index (χ4v) is 3.17. The van der Waals surface area contributed by atoms with Crippen molar-refractivity contribution in [2.45, 2.75) is 26.4 Å². The second-order valence-electron chi connectivity index (χ2n) is 6.16. The monoisotopic (exact) mass is 363 g/mol. The average Bonchev–Trinajstić information content (AvgIpc) is 3.05. The van der Waals surface area contributed by atoms with E-state index in [4.69, 9.17) is 20.9 Å². The third-order valence-electron chi connectivity index (χ3n) is 4.32. The molecule has 134 valence electrons. The van der Waals surface area contributed by atoms with Crippen molar-refractivity contribution in [1.82, 2.24) is 15.0 Å². The number of hydrogen-bond donors (Lipinski definition) is 0. The van der Waals surface area contributed by atoms with E-state index in [0.717, 1.165) is 17.8 Å². The Balaban J connectivity index is 1.61. The fourth-order valence-electron chi connectivity index (χ4n) is 2.98. The van der Waals surface area contributed by atoms with E-state index in [1.807, 2.05) is 37.3 Å². The molecule has 25 heavy (non-hydrogen) atoms. The van der Waals surface area contributed by atoms with Crippen molar-refractivity contribution < 1.29 is 14.1 Å². The minimum Gasteiger partial charge on any atom is -0.450 e. The molecule has 1 unspecified atom stereocenters. The molecule has 1 fully saturated rings. The van der Waals surface area contributed by atoms with E-state index < -0.39 is 0 Å². The molecule has 2 aromatic rings. The number of carbonyl (C=O) groups is 1. The van der Waals surface area contributed by atoms with Gasteiger partial charge in [-0.05, 0) is 26.0 Å². The van der Waals surface area contributed by atoms with Gasteiger partial charge in [-0.15, -0.1) is 0 Å². The van der Waals surface area contributed by atoms with Gasteiger partial charge >= 0.3 is 6.09 Å². The van der Waals surface area contributed by atoms with Crippen molar-refractivity contribution in [2.75, 3.05) is 26.2 Å². The summed E-state index contributed by atoms with van der Waals surface area (Å²) in [7, 11) is 0. The largest absolute Gasteiger partial charge is 0.450 e. The Bertz CT molecular complexity index is 734. The molecule has 1 amide bonds. The summed E-state index contributed by atoms with van der Waals surface area (Å²) in [5, 5.41) is 4.84. The molecule has 1 aromatic carbocycles. The van der Waals surface area contributed by atoms with Crippen molar-refractivity contribution in [3.8, 4) is 11.3 Å². The molecule has 0 radical (unpaired) electrons. The molecule has 7 heteroatoms. The number of halogens is 1. The van der Waals surface area contributed by atoms with Gasteiger partial charge in [-0.3, -0.25) is 4.90 Å². The number of aromatic nitrogens is 1. The zero-order valence-corrected chi connectivity index (χ0v) is 15.2. The van der Waals surface area contributed by atoms with E-state index in [2.05, 4.69) is 17.0 Å². The van der Waals surface area contributed by atoms with Gasteiger partial charge in [-0.2, -0.15) is 0 Å². The molecule has 2 heterocycles. The summed E-state index contributed by atoms with van der Waals surface area (Å²) in [6.45, 7) is 7.09. The smallest absolute Gasteiger partial charge is 0.409 e. The summed E-state index contributed by atoms with van der Waals surface area (Å²) in [6.07, 6.45) is -0.237. The van der Waals surface area contributed by atoms with E-state index in [-0.39, 0.29) is 12.1 Å². The lowest BCUT2D eigenvalue weighted by molar-refractivity contribution is 0.0536. The van der Waals surface area contributed by atoms with E-state index in [1.54, 1.807) is 4.90 Å². The zero-order chi connectivity index (χ0) is 17.8. The van der Waals surface area contributed by atoms with Crippen LogP contribution in [0.5, 0.6) is 0 Å². The molecule has 3 rings (SSSR count). The van der Waals surface area contributed by atoms with Gasteiger partial charge in [0.05, 0.1) is 12.3 Å². The van der Waals surface area contributed by atoms with Crippen LogP contribution in [0, 0.1) is 0 Å². The van der Waals surface area contributed by atoms with Crippen LogP contribution in [0.15, 0.2) is 34.9 Å². The van der Waals surface area contributed by atoms with Gasteiger partial charge in [-0.1, -0.05) is 28.9 Å². The molecule has 1 aromatic heterocycles. The van der Waals surface area contributed by atoms with Gasteiger partial charge in [-0.25, -0.2) is 4.79 Å². The lowest BCUT2D eigenvalue weighted by Crippen LogP contribution is -2.53. The lowest BCUT2D eigenvalue weighted by atomic mass is 10.1. The molecular formula is C18H22ClN3O3. The number of carbonyl (C=O) groups excluding carboxylic acids is 1. The van der Waals surface area contributed by atoms with Gasteiger partial charge in [0.25, 0.3) is 0 Å². The maximum Gasteiger partial charge on any atom is 0.409 e. The first-order valence-corrected chi connectivity index (χ1v) is 8.82. The van der Waals surface area contributed by atoms with Crippen molar-refractivity contribution in [1.29, 1.82) is 0 Å². The fraction of sp³-hybridized carbons (Fsp3) is 0.444. The average molecular weight is 364 g/mol. The van der Waals surface area contributed by atoms with Crippen LogP contribution in [0.2, 0.25) is 5.02 Å². The molecule has 6 nitrogen and oxygen atoms in total. The molecule has 1 atom stereocenters. The van der Waals surface area contributed by atoms with Crippen LogP contribution in [0.4, 0.5) is 4.79 Å². The highest BCUT2D eigenvalue weighted by Crippen LogP contribution is 2.24. The molecule has 1 aliphatic rings. The number of benzene rings is 1. The highest BCUT2D eigenvalue weighted by atomic mass is 35.5. The van der Waals surface area contributed by atoms with Crippen molar-refractivity contribution in [3.05, 3.63) is 41.0 Å². The molecule has 1 aliphatic heterocycles. The van der Waals surface area contributed by atoms with Crippen LogP contribution in [-0.2, 0) is 11.3 Å². The van der Waals surface area contributed by atoms with Gasteiger partial charge in [0, 0.05) is 48.9 Å². The Morgan fingerprint density at radius 2 is 2.24 bits per heavy atom. The van der Waals surface area contributed by atoms with Crippen LogP contribution < -0.4 is 0 Å². The first kappa shape index (κ1) is 17.8. The Morgan fingerprint density at radius 3 is 2.96 bits per heavy atom. The Labute approximate surface area is 152 Å². The maximum atomic E-state index is 11.8. The third kappa shape index (κ3) is 4.32. The number of amides is 1. The molecule has 0 bridgehead atoms. The molecule has 0 saturated carbocycles. The lowest BCUT2D eigenvalue weighted by Gasteiger charge is -2.38. The topological polar surface area (TPSA) is 58.8 Å². The highest BCUT2D eigenvalue weighted by molar-refractivity contribution is 6.30. The number of piperazine rings is 1. The van der Waals surface area contributed by atoms with Gasteiger partial charge in [0.15, 0.2) is 5.76 Å². The van der Waals surface area contributed by atoms with Crippen molar-refractivity contribution in [3.63, 3.8) is 0 Å². The predicted octanol–water partition coefficient (Wildman–Crippen LogP) is 3.66. The second-order valence-corrected chi connectivity index (χ2v) is 6.59. The summed E-state index contributed by atoms with van der Waals surface area (Å²) >= 11 is 6.03. The van der Waals surface area contributed by atoms with Crippen LogP contribution in [-0.4, -0.2) is 53.3 Å². The molecule has 1 saturated heterocycles. The minimum absolute atomic E-state index is 0.226. The quantitative estimate of drug-likeness (QED) is 0.829. The van der Waals surface area contributed by atoms with Crippen LogP contribution in [0.3, 0.4) is 0 Å². The Kier molecular flexibility index (Phi) is 5.60. The van der Waals surface area contributed by atoms with Crippen molar-refractivity contribution in [2.24, 2.45) is 0 Å². The van der Waals surface area contributed by atoms with Gasteiger partial charge in [0.1, 0.15) is 0 Å². The molecule has 0 aliphatic carbocycles. The number of rotatable bonds is 4. The minimum atomic E-state index is -0.237. The van der Waals surface area contributed by atoms with Crippen molar-refractivity contribution >= 4 is 17.7 Å². The van der Waals surface area contributed by atoms with Gasteiger partial charge < -0.3 is 14.2 Å². The normalized spacial score (nSPS) is 18.4. The second kappa shape index (κ2) is 7.89. The summed E-state index contributed by atoms with van der Waals surface area (Å²) in [6, 6.07) is 9.67. The van der Waals surface area contributed by atoms with Crippen LogP contribution in [0.1, 0.15) is 19.5 Å². The Morgan fingerprint density at radius 1 is 1.40 bits per heavy atom. The van der Waals surface area contributed by atoms with E-state index in [1.165, 1.54) is 0 Å². The number of ether oxygens (including phenoxy) is 1. The van der Waals surface area contributed by atoms with E-state index in [0.29, 0.717) is 37.0 Å². The number of hydrogen-bond acceptors (Lipinski definition) is 5. The van der Waals surface area contributed by atoms with Crippen LogP contribution in [0.25, 0.3) is 11.3 Å². The van der Waals surface area contributed by atoms with E-state index in [9.17, 15) is 4.79 Å². The van der Waals surface area contributed by atoms with Gasteiger partial charge in [0.2, 0.25) is 0 Å². The van der Waals surface area contributed by atoms with E-state index >= 15 is 0 Å². The first-order valence-electron chi connectivity index (χ1n) is 8.44.